The number of hydrogen-bond donors (Lipinski definition) is 0. The van der Waals surface area contributed by atoms with Crippen LogP contribution in [0.3, 0.4) is 0 Å². The SMILES string of the molecule is COC(=O)c1ccc(C2=NOC(c3cc(Cl)cc(Cl)c3)(C(F)(F)F)C2)c2ccccc12.O=C1CCC(=O)N1Cl. The van der Waals surface area contributed by atoms with E-state index in [0.29, 0.717) is 26.3 Å². The van der Waals surface area contributed by atoms with Crippen molar-refractivity contribution in [1.29, 1.82) is 0 Å². The lowest BCUT2D eigenvalue weighted by atomic mass is 9.85. The molecule has 5 rings (SSSR count). The van der Waals surface area contributed by atoms with Crippen LogP contribution in [0.2, 0.25) is 10.0 Å². The minimum Gasteiger partial charge on any atom is -0.465 e. The minimum atomic E-state index is -4.80. The van der Waals surface area contributed by atoms with Gasteiger partial charge < -0.3 is 9.57 Å². The maximum absolute atomic E-state index is 14.2. The van der Waals surface area contributed by atoms with E-state index in [2.05, 4.69) is 5.16 Å². The number of carbonyl (C=O) groups excluding carboxylic acids is 3. The number of rotatable bonds is 3. The highest BCUT2D eigenvalue weighted by Crippen LogP contribution is 2.50. The fraction of sp³-hybridized carbons (Fsp3) is 0.231. The Bertz CT molecular complexity index is 1480. The quantitative estimate of drug-likeness (QED) is 0.187. The second kappa shape index (κ2) is 11.0. The van der Waals surface area contributed by atoms with E-state index in [1.807, 2.05) is 0 Å². The van der Waals surface area contributed by atoms with Gasteiger partial charge in [-0.05, 0) is 35.0 Å². The molecule has 0 spiro atoms. The average Bonchev–Trinajstić information content (AvgIpc) is 3.48. The summed E-state index contributed by atoms with van der Waals surface area (Å²) in [6, 6.07) is 13.5. The van der Waals surface area contributed by atoms with Crippen molar-refractivity contribution in [2.45, 2.75) is 31.0 Å². The van der Waals surface area contributed by atoms with Gasteiger partial charge in [0, 0.05) is 52.2 Å². The Hall–Kier alpha value is -3.34. The Morgan fingerprint density at radius 3 is 2.10 bits per heavy atom. The molecule has 1 saturated heterocycles. The molecule has 2 aliphatic rings. The number of esters is 1. The van der Waals surface area contributed by atoms with E-state index in [1.165, 1.54) is 25.3 Å². The third kappa shape index (κ3) is 5.54. The molecule has 0 radical (unpaired) electrons. The lowest BCUT2D eigenvalue weighted by Gasteiger charge is -2.29. The van der Waals surface area contributed by atoms with Crippen molar-refractivity contribution < 1.29 is 37.1 Å². The number of halogens is 6. The van der Waals surface area contributed by atoms with Gasteiger partial charge in [0.05, 0.1) is 18.4 Å². The smallest absolute Gasteiger partial charge is 0.435 e. The van der Waals surface area contributed by atoms with Crippen LogP contribution in [0, 0.1) is 0 Å². The molecule has 1 fully saturated rings. The van der Waals surface area contributed by atoms with Gasteiger partial charge in [-0.3, -0.25) is 9.59 Å². The van der Waals surface area contributed by atoms with Crippen molar-refractivity contribution in [1.82, 2.24) is 4.42 Å². The molecule has 3 aromatic rings. The first-order valence-electron chi connectivity index (χ1n) is 11.3. The van der Waals surface area contributed by atoms with Crippen molar-refractivity contribution in [3.8, 4) is 0 Å². The Morgan fingerprint density at radius 1 is 1.00 bits per heavy atom. The second-order valence-electron chi connectivity index (χ2n) is 8.56. The molecule has 7 nitrogen and oxygen atoms in total. The Labute approximate surface area is 235 Å². The standard InChI is InChI=1S/C22H14Cl2F3NO3.C4H4ClNO2/c1-30-20(29)18-7-6-17(15-4-2-3-5-16(15)18)19-11-21(31-28-19,22(25,26)27)12-8-13(23)10-14(24)9-12;5-6-3(7)1-2-4(6)8/h2-10H,11H2,1H3;1-2H2. The van der Waals surface area contributed by atoms with Crippen LogP contribution in [0.25, 0.3) is 10.8 Å². The lowest BCUT2D eigenvalue weighted by Crippen LogP contribution is -2.42. The molecule has 1 atom stereocenters. The summed E-state index contributed by atoms with van der Waals surface area (Å²) in [5, 5.41) is 4.99. The summed E-state index contributed by atoms with van der Waals surface area (Å²) in [6.45, 7) is 0. The van der Waals surface area contributed by atoms with Gasteiger partial charge in [0.25, 0.3) is 5.60 Å². The number of hydrogen-bond acceptors (Lipinski definition) is 6. The molecule has 3 aromatic carbocycles. The van der Waals surface area contributed by atoms with Crippen LogP contribution < -0.4 is 0 Å². The van der Waals surface area contributed by atoms with E-state index < -0.39 is 24.2 Å². The van der Waals surface area contributed by atoms with E-state index in [9.17, 15) is 27.6 Å². The molecule has 39 heavy (non-hydrogen) atoms. The van der Waals surface area contributed by atoms with E-state index in [-0.39, 0.29) is 46.0 Å². The van der Waals surface area contributed by atoms with Crippen LogP contribution in [0.4, 0.5) is 13.2 Å². The molecule has 0 saturated carbocycles. The first-order valence-corrected chi connectivity index (χ1v) is 12.4. The molecule has 2 heterocycles. The van der Waals surface area contributed by atoms with Gasteiger partial charge in [0.2, 0.25) is 11.8 Å². The number of amides is 2. The molecule has 2 aliphatic heterocycles. The monoisotopic (exact) mass is 600 g/mol. The van der Waals surface area contributed by atoms with E-state index in [0.717, 1.165) is 12.1 Å². The average molecular weight is 602 g/mol. The first-order chi connectivity index (χ1) is 18.4. The molecule has 1 unspecified atom stereocenters. The summed E-state index contributed by atoms with van der Waals surface area (Å²) in [4.78, 5) is 37.9. The maximum atomic E-state index is 14.2. The van der Waals surface area contributed by atoms with Gasteiger partial charge in [-0.15, -0.1) is 0 Å². The van der Waals surface area contributed by atoms with Crippen LogP contribution in [-0.2, 0) is 24.8 Å². The van der Waals surface area contributed by atoms with E-state index in [1.54, 1.807) is 24.3 Å². The van der Waals surface area contributed by atoms with Gasteiger partial charge in [0.15, 0.2) is 0 Å². The minimum absolute atomic E-state index is 0.0519. The fourth-order valence-corrected chi connectivity index (χ4v) is 4.92. The first kappa shape index (κ1) is 28.7. The number of methoxy groups -OCH3 is 1. The van der Waals surface area contributed by atoms with Gasteiger partial charge >= 0.3 is 12.1 Å². The summed E-state index contributed by atoms with van der Waals surface area (Å²) in [6.07, 6.45) is -4.85. The predicted molar refractivity (Wildman–Crippen MR) is 139 cm³/mol. The summed E-state index contributed by atoms with van der Waals surface area (Å²) in [5.74, 6) is -1.14. The van der Waals surface area contributed by atoms with Gasteiger partial charge in [-0.1, -0.05) is 58.7 Å². The number of benzene rings is 3. The second-order valence-corrected chi connectivity index (χ2v) is 9.77. The third-order valence-corrected chi connectivity index (χ3v) is 6.96. The topological polar surface area (TPSA) is 85.3 Å². The van der Waals surface area contributed by atoms with Crippen molar-refractivity contribution in [3.05, 3.63) is 81.3 Å². The zero-order valence-electron chi connectivity index (χ0n) is 20.0. The molecule has 2 amide bonds. The van der Waals surface area contributed by atoms with E-state index in [4.69, 9.17) is 44.6 Å². The Morgan fingerprint density at radius 2 is 1.59 bits per heavy atom. The van der Waals surface area contributed by atoms with Crippen LogP contribution in [0.1, 0.15) is 40.7 Å². The van der Waals surface area contributed by atoms with Crippen molar-refractivity contribution in [2.75, 3.05) is 7.11 Å². The largest absolute Gasteiger partial charge is 0.465 e. The third-order valence-electron chi connectivity index (χ3n) is 6.15. The number of ether oxygens (including phenoxy) is 1. The summed E-state index contributed by atoms with van der Waals surface area (Å²) < 4.78 is 48.2. The molecular formula is C26H18Cl3F3N2O5. The normalized spacial score (nSPS) is 18.9. The maximum Gasteiger partial charge on any atom is 0.435 e. The van der Waals surface area contributed by atoms with Gasteiger partial charge in [-0.2, -0.15) is 17.6 Å². The molecule has 0 aromatic heterocycles. The fourth-order valence-electron chi connectivity index (χ4n) is 4.22. The number of oxime groups is 1. The highest BCUT2D eigenvalue weighted by atomic mass is 35.5. The van der Waals surface area contributed by atoms with Crippen molar-refractivity contribution >= 4 is 69.2 Å². The number of nitrogens with zero attached hydrogens (tertiary/aromatic N) is 2. The highest BCUT2D eigenvalue weighted by Gasteiger charge is 2.62. The van der Waals surface area contributed by atoms with Crippen LogP contribution in [-0.4, -0.2) is 41.2 Å². The van der Waals surface area contributed by atoms with Gasteiger partial charge in [-0.25, -0.2) is 4.79 Å². The molecule has 13 heteroatoms. The molecule has 204 valence electrons. The highest BCUT2D eigenvalue weighted by molar-refractivity contribution is 6.34. The van der Waals surface area contributed by atoms with Crippen molar-refractivity contribution in [3.63, 3.8) is 0 Å². The number of imide groups is 1. The molecule has 0 bridgehead atoms. The van der Waals surface area contributed by atoms with Gasteiger partial charge in [0.1, 0.15) is 0 Å². The van der Waals surface area contributed by atoms with Crippen molar-refractivity contribution in [2.24, 2.45) is 5.16 Å². The summed E-state index contributed by atoms with van der Waals surface area (Å²) in [5.41, 5.74) is -2.18. The lowest BCUT2D eigenvalue weighted by molar-refractivity contribution is -0.275. The zero-order chi connectivity index (χ0) is 28.5. The van der Waals surface area contributed by atoms with Crippen LogP contribution in [0.15, 0.2) is 59.8 Å². The molecule has 0 aliphatic carbocycles. The summed E-state index contributed by atoms with van der Waals surface area (Å²) >= 11 is 17.0. The van der Waals surface area contributed by atoms with Crippen LogP contribution in [0.5, 0.6) is 0 Å². The molecule has 0 N–H and O–H groups in total. The summed E-state index contributed by atoms with van der Waals surface area (Å²) in [7, 11) is 1.26. The predicted octanol–water partition coefficient (Wildman–Crippen LogP) is 6.80. The number of fused-ring (bicyclic) bond motifs is 1. The number of alkyl halides is 3. The van der Waals surface area contributed by atoms with Crippen LogP contribution >= 0.6 is 35.0 Å². The Balaban J connectivity index is 0.000000379. The molecular weight excluding hydrogens is 584 g/mol. The Kier molecular flexibility index (Phi) is 8.11. The number of carbonyl (C=O) groups is 3. The van der Waals surface area contributed by atoms with E-state index >= 15 is 0 Å². The zero-order valence-corrected chi connectivity index (χ0v) is 22.3.